The van der Waals surface area contributed by atoms with E-state index in [1.54, 1.807) is 18.2 Å². The minimum absolute atomic E-state index is 0.00767. The molecule has 3 atom stereocenters. The summed E-state index contributed by atoms with van der Waals surface area (Å²) in [5.41, 5.74) is -0.382. The van der Waals surface area contributed by atoms with Crippen LogP contribution in [0.15, 0.2) is 65.1 Å². The third kappa shape index (κ3) is 6.01. The number of amides is 2. The quantitative estimate of drug-likeness (QED) is 0.225. The normalized spacial score (nSPS) is 21.1. The first-order valence-corrected chi connectivity index (χ1v) is 14.7. The number of piperidine rings is 1. The molecule has 2 aliphatic rings. The Morgan fingerprint density at radius 3 is 2.20 bits per heavy atom. The monoisotopic (exact) mass is 626 g/mol. The van der Waals surface area contributed by atoms with Crippen molar-refractivity contribution in [1.29, 1.82) is 0 Å². The molecular formula is C32H33BrF2N2O4. The number of nitrogens with zero attached hydrogens (tertiary/aromatic N) is 1. The van der Waals surface area contributed by atoms with Crippen molar-refractivity contribution in [1.82, 2.24) is 10.2 Å². The second-order valence-corrected chi connectivity index (χ2v) is 12.4. The molecule has 1 N–H and O–H groups in total. The number of ether oxygens (including phenoxy) is 1. The highest BCUT2D eigenvalue weighted by Crippen LogP contribution is 2.41. The molecule has 2 heterocycles. The predicted molar refractivity (Wildman–Crippen MR) is 156 cm³/mol. The molecule has 0 spiro atoms. The fourth-order valence-corrected chi connectivity index (χ4v) is 6.41. The van der Waals surface area contributed by atoms with E-state index in [1.807, 2.05) is 19.9 Å². The number of nitrogens with one attached hydrogen (secondary N) is 1. The summed E-state index contributed by atoms with van der Waals surface area (Å²) >= 11 is 3.25. The highest BCUT2D eigenvalue weighted by Gasteiger charge is 2.53. The molecule has 9 heteroatoms. The summed E-state index contributed by atoms with van der Waals surface area (Å²) in [6.45, 7) is 5.93. The van der Waals surface area contributed by atoms with Crippen LogP contribution in [0.3, 0.4) is 0 Å². The van der Waals surface area contributed by atoms with Crippen LogP contribution in [0.5, 0.6) is 5.75 Å². The average molecular weight is 628 g/mol. The number of halogens is 3. The van der Waals surface area contributed by atoms with E-state index < -0.39 is 35.1 Å². The highest BCUT2D eigenvalue weighted by molar-refractivity contribution is 9.10. The molecule has 2 saturated heterocycles. The van der Waals surface area contributed by atoms with Gasteiger partial charge in [-0.1, -0.05) is 53.2 Å². The van der Waals surface area contributed by atoms with E-state index in [0.717, 1.165) is 31.1 Å². The van der Waals surface area contributed by atoms with Gasteiger partial charge in [-0.2, -0.15) is 8.78 Å². The molecule has 2 amide bonds. The summed E-state index contributed by atoms with van der Waals surface area (Å²) in [6, 6.07) is 12.8. The molecule has 0 radical (unpaired) electrons. The lowest BCUT2D eigenvalue weighted by molar-refractivity contribution is -0.153. The zero-order valence-electron chi connectivity index (χ0n) is 23.2. The molecule has 0 aromatic heterocycles. The van der Waals surface area contributed by atoms with Gasteiger partial charge in [0, 0.05) is 27.7 Å². The van der Waals surface area contributed by atoms with Crippen LogP contribution in [-0.2, 0) is 15.5 Å². The van der Waals surface area contributed by atoms with Crippen molar-refractivity contribution in [2.45, 2.75) is 76.6 Å². The Bertz CT molecular complexity index is 1460. The van der Waals surface area contributed by atoms with E-state index in [4.69, 9.17) is 4.74 Å². The molecule has 5 rings (SSSR count). The number of benzene rings is 3. The summed E-state index contributed by atoms with van der Waals surface area (Å²) in [5, 5.41) is 3.65. The smallest absolute Gasteiger partial charge is 0.302 e. The summed E-state index contributed by atoms with van der Waals surface area (Å²) in [4.78, 5) is 41.8. The Hall–Kier alpha value is -3.33. The SMILES string of the molecule is CC1CC2CCC(C1)N2C(=O)C(NC(=O)C(=O)c1ccc2cc(OC(C)C)ccc2c1)C(F)(F)c1ccc(Br)cc1. The third-order valence-corrected chi connectivity index (χ3v) is 8.52. The second-order valence-electron chi connectivity index (χ2n) is 11.5. The molecule has 2 aliphatic heterocycles. The molecular weight excluding hydrogens is 594 g/mol. The van der Waals surface area contributed by atoms with Gasteiger partial charge < -0.3 is 15.0 Å². The zero-order chi connectivity index (χ0) is 29.5. The largest absolute Gasteiger partial charge is 0.491 e. The van der Waals surface area contributed by atoms with Gasteiger partial charge in [0.05, 0.1) is 6.10 Å². The van der Waals surface area contributed by atoms with E-state index in [0.29, 0.717) is 21.5 Å². The first-order valence-electron chi connectivity index (χ1n) is 14.0. The first kappa shape index (κ1) is 29.2. The lowest BCUT2D eigenvalue weighted by Crippen LogP contribution is -2.60. The molecule has 3 aromatic rings. The number of fused-ring (bicyclic) bond motifs is 3. The summed E-state index contributed by atoms with van der Waals surface area (Å²) < 4.78 is 38.5. The predicted octanol–water partition coefficient (Wildman–Crippen LogP) is 6.64. The molecule has 41 heavy (non-hydrogen) atoms. The van der Waals surface area contributed by atoms with Crippen molar-refractivity contribution in [3.05, 3.63) is 76.3 Å². The van der Waals surface area contributed by atoms with Crippen LogP contribution >= 0.6 is 15.9 Å². The third-order valence-electron chi connectivity index (χ3n) is 7.99. The van der Waals surface area contributed by atoms with E-state index in [9.17, 15) is 14.4 Å². The van der Waals surface area contributed by atoms with Gasteiger partial charge in [-0.05, 0) is 86.6 Å². The standard InChI is InChI=1S/C32H33BrF2N2O4/c1-18(2)41-27-13-6-20-16-22(5-4-21(20)17-27)28(38)30(39)36-29(32(34,35)23-7-9-24(33)10-8-23)31(40)37-25-11-12-26(37)15-19(3)14-25/h4-10,13,16-19,25-26,29H,11-12,14-15H2,1-3H3,(H,36,39). The Labute approximate surface area is 246 Å². The van der Waals surface area contributed by atoms with Gasteiger partial charge in [-0.15, -0.1) is 0 Å². The fourth-order valence-electron chi connectivity index (χ4n) is 6.14. The van der Waals surface area contributed by atoms with Crippen molar-refractivity contribution < 1.29 is 27.9 Å². The van der Waals surface area contributed by atoms with Gasteiger partial charge in [-0.3, -0.25) is 14.4 Å². The van der Waals surface area contributed by atoms with E-state index >= 15 is 8.78 Å². The molecule has 0 saturated carbocycles. The highest BCUT2D eigenvalue weighted by atomic mass is 79.9. The van der Waals surface area contributed by atoms with Crippen LogP contribution in [0, 0.1) is 5.92 Å². The van der Waals surface area contributed by atoms with Gasteiger partial charge >= 0.3 is 5.92 Å². The number of carbonyl (C=O) groups excluding carboxylic acids is 3. The molecule has 216 valence electrons. The fraction of sp³-hybridized carbons (Fsp3) is 0.406. The number of ketones is 1. The minimum Gasteiger partial charge on any atom is -0.491 e. The molecule has 2 bridgehead atoms. The van der Waals surface area contributed by atoms with Crippen LogP contribution in [0.4, 0.5) is 8.78 Å². The average Bonchev–Trinajstić information content (AvgIpc) is 3.20. The summed E-state index contributed by atoms with van der Waals surface area (Å²) in [6.07, 6.45) is 2.93. The topological polar surface area (TPSA) is 75.7 Å². The molecule has 3 unspecified atom stereocenters. The molecule has 6 nitrogen and oxygen atoms in total. The Balaban J connectivity index is 1.43. The second kappa shape index (κ2) is 11.5. The summed E-state index contributed by atoms with van der Waals surface area (Å²) in [7, 11) is 0. The Morgan fingerprint density at radius 1 is 0.951 bits per heavy atom. The lowest BCUT2D eigenvalue weighted by Gasteiger charge is -2.41. The number of carbonyl (C=O) groups is 3. The van der Waals surface area contributed by atoms with Crippen LogP contribution in [0.1, 0.15) is 62.4 Å². The van der Waals surface area contributed by atoms with Crippen molar-refractivity contribution >= 4 is 44.3 Å². The zero-order valence-corrected chi connectivity index (χ0v) is 24.8. The van der Waals surface area contributed by atoms with E-state index in [1.165, 1.54) is 41.3 Å². The maximum atomic E-state index is 16.1. The number of rotatable bonds is 8. The number of hydrogen-bond donors (Lipinski definition) is 1. The van der Waals surface area contributed by atoms with Gasteiger partial charge in [0.2, 0.25) is 5.78 Å². The first-order chi connectivity index (χ1) is 19.4. The van der Waals surface area contributed by atoms with Crippen molar-refractivity contribution in [3.8, 4) is 5.75 Å². The van der Waals surface area contributed by atoms with Crippen molar-refractivity contribution in [3.63, 3.8) is 0 Å². The van der Waals surface area contributed by atoms with Crippen molar-refractivity contribution in [2.75, 3.05) is 0 Å². The van der Waals surface area contributed by atoms with Crippen LogP contribution in [0.25, 0.3) is 10.8 Å². The lowest BCUT2D eigenvalue weighted by atomic mass is 9.90. The summed E-state index contributed by atoms with van der Waals surface area (Å²) in [5.74, 6) is -5.80. The number of Topliss-reactive ketones (excluding diaryl/α,β-unsaturated/α-hetero) is 1. The number of alkyl halides is 2. The minimum atomic E-state index is -3.76. The van der Waals surface area contributed by atoms with Gasteiger partial charge in [0.25, 0.3) is 11.8 Å². The van der Waals surface area contributed by atoms with Gasteiger partial charge in [-0.25, -0.2) is 0 Å². The van der Waals surface area contributed by atoms with Crippen LogP contribution in [0.2, 0.25) is 0 Å². The Morgan fingerprint density at radius 2 is 1.56 bits per heavy atom. The maximum absolute atomic E-state index is 16.1. The number of hydrogen-bond acceptors (Lipinski definition) is 4. The molecule has 0 aliphatic carbocycles. The molecule has 2 fully saturated rings. The molecule has 3 aromatic carbocycles. The Kier molecular flexibility index (Phi) is 8.19. The van der Waals surface area contributed by atoms with E-state index in [2.05, 4.69) is 28.2 Å². The van der Waals surface area contributed by atoms with Crippen LogP contribution in [-0.4, -0.2) is 46.7 Å². The van der Waals surface area contributed by atoms with Crippen LogP contribution < -0.4 is 10.1 Å². The van der Waals surface area contributed by atoms with Gasteiger partial charge in [0.1, 0.15) is 5.75 Å². The van der Waals surface area contributed by atoms with Gasteiger partial charge in [0.15, 0.2) is 6.04 Å². The maximum Gasteiger partial charge on any atom is 0.302 e. The van der Waals surface area contributed by atoms with E-state index in [-0.39, 0.29) is 23.8 Å². The van der Waals surface area contributed by atoms with Crippen molar-refractivity contribution in [2.24, 2.45) is 5.92 Å².